The van der Waals surface area contributed by atoms with E-state index in [9.17, 15) is 4.39 Å². The molecule has 0 aliphatic carbocycles. The van der Waals surface area contributed by atoms with Crippen molar-refractivity contribution in [2.75, 3.05) is 6.61 Å². The Labute approximate surface area is 125 Å². The summed E-state index contributed by atoms with van der Waals surface area (Å²) < 4.78 is 19.2. The second-order valence-corrected chi connectivity index (χ2v) is 5.66. The second kappa shape index (κ2) is 6.27. The molecule has 0 bridgehead atoms. The van der Waals surface area contributed by atoms with Crippen LogP contribution in [0.5, 0.6) is 5.75 Å². The van der Waals surface area contributed by atoms with Crippen molar-refractivity contribution >= 4 is 0 Å². The van der Waals surface area contributed by atoms with Gasteiger partial charge in [-0.3, -0.25) is 0 Å². The van der Waals surface area contributed by atoms with Crippen LogP contribution in [0, 0.1) is 33.5 Å². The summed E-state index contributed by atoms with van der Waals surface area (Å²) in [6.45, 7) is 8.31. The van der Waals surface area contributed by atoms with Gasteiger partial charge in [0.25, 0.3) is 0 Å². The van der Waals surface area contributed by atoms with Gasteiger partial charge in [-0.1, -0.05) is 23.8 Å². The fraction of sp³-hybridized carbons (Fsp3) is 0.333. The van der Waals surface area contributed by atoms with E-state index in [0.29, 0.717) is 0 Å². The predicted molar refractivity (Wildman–Crippen MR) is 84.2 cm³/mol. The van der Waals surface area contributed by atoms with E-state index in [1.807, 2.05) is 20.8 Å². The Morgan fingerprint density at radius 2 is 1.62 bits per heavy atom. The molecule has 0 aromatic heterocycles. The smallest absolute Gasteiger partial charge is 0.165 e. The molecule has 2 nitrogen and oxygen atoms in total. The lowest BCUT2D eigenvalue weighted by Crippen LogP contribution is -2.21. The number of rotatable bonds is 4. The molecular weight excluding hydrogens is 265 g/mol. The fourth-order valence-corrected chi connectivity index (χ4v) is 2.76. The number of ether oxygens (including phenoxy) is 1. The molecule has 0 fully saturated rings. The lowest BCUT2D eigenvalue weighted by atomic mass is 9.95. The lowest BCUT2D eigenvalue weighted by molar-refractivity contribution is 0.276. The SMILES string of the molecule is Cc1cc(C)c(C(N)COc2cc(C)ccc2F)c(C)c1. The highest BCUT2D eigenvalue weighted by atomic mass is 19.1. The van der Waals surface area contributed by atoms with Crippen LogP contribution in [0.15, 0.2) is 30.3 Å². The van der Waals surface area contributed by atoms with Crippen molar-refractivity contribution in [3.8, 4) is 5.75 Å². The fourth-order valence-electron chi connectivity index (χ4n) is 2.76. The van der Waals surface area contributed by atoms with E-state index < -0.39 is 0 Å². The van der Waals surface area contributed by atoms with E-state index in [-0.39, 0.29) is 24.2 Å². The van der Waals surface area contributed by atoms with Gasteiger partial charge in [-0.05, 0) is 62.1 Å². The van der Waals surface area contributed by atoms with Crippen LogP contribution in [0.2, 0.25) is 0 Å². The predicted octanol–water partition coefficient (Wildman–Crippen LogP) is 4.14. The number of nitrogens with two attached hydrogens (primary N) is 1. The molecule has 0 radical (unpaired) electrons. The molecule has 0 heterocycles. The van der Waals surface area contributed by atoms with Gasteiger partial charge in [-0.2, -0.15) is 0 Å². The number of hydrogen-bond acceptors (Lipinski definition) is 2. The molecule has 21 heavy (non-hydrogen) atoms. The highest BCUT2D eigenvalue weighted by molar-refractivity contribution is 5.39. The summed E-state index contributed by atoms with van der Waals surface area (Å²) in [4.78, 5) is 0. The van der Waals surface area contributed by atoms with Crippen LogP contribution in [0.3, 0.4) is 0 Å². The van der Waals surface area contributed by atoms with Gasteiger partial charge < -0.3 is 10.5 Å². The Kier molecular flexibility index (Phi) is 4.63. The van der Waals surface area contributed by atoms with Gasteiger partial charge in [0.2, 0.25) is 0 Å². The summed E-state index contributed by atoms with van der Waals surface area (Å²) >= 11 is 0. The normalized spacial score (nSPS) is 12.3. The van der Waals surface area contributed by atoms with Crippen LogP contribution in [0.4, 0.5) is 4.39 Å². The van der Waals surface area contributed by atoms with Crippen molar-refractivity contribution in [3.05, 3.63) is 64.0 Å². The van der Waals surface area contributed by atoms with Crippen molar-refractivity contribution in [2.24, 2.45) is 5.73 Å². The van der Waals surface area contributed by atoms with Crippen molar-refractivity contribution < 1.29 is 9.13 Å². The highest BCUT2D eigenvalue weighted by Crippen LogP contribution is 2.24. The molecule has 2 rings (SSSR count). The molecule has 3 heteroatoms. The average Bonchev–Trinajstić information content (AvgIpc) is 2.38. The first-order chi connectivity index (χ1) is 9.88. The Morgan fingerprint density at radius 1 is 1.00 bits per heavy atom. The van der Waals surface area contributed by atoms with Crippen LogP contribution in [-0.4, -0.2) is 6.61 Å². The van der Waals surface area contributed by atoms with Gasteiger partial charge in [0.15, 0.2) is 11.6 Å². The van der Waals surface area contributed by atoms with E-state index in [1.165, 1.54) is 11.6 Å². The van der Waals surface area contributed by atoms with E-state index >= 15 is 0 Å². The maximum absolute atomic E-state index is 13.7. The molecule has 1 atom stereocenters. The van der Waals surface area contributed by atoms with Crippen LogP contribution in [-0.2, 0) is 0 Å². The molecule has 0 spiro atoms. The standard InChI is InChI=1S/C18H22FNO/c1-11-5-6-15(19)17(9-11)21-10-16(20)18-13(3)7-12(2)8-14(18)4/h5-9,16H,10,20H2,1-4H3. The second-order valence-electron chi connectivity index (χ2n) is 5.66. The van der Waals surface area contributed by atoms with Crippen LogP contribution in [0.1, 0.15) is 33.9 Å². The Bertz CT molecular complexity index is 629. The van der Waals surface area contributed by atoms with Crippen LogP contribution >= 0.6 is 0 Å². The first kappa shape index (κ1) is 15.5. The third-order valence-corrected chi connectivity index (χ3v) is 3.61. The molecule has 2 N–H and O–H groups in total. The van der Waals surface area contributed by atoms with E-state index in [1.54, 1.807) is 12.1 Å². The average molecular weight is 287 g/mol. The zero-order valence-corrected chi connectivity index (χ0v) is 13.0. The maximum atomic E-state index is 13.7. The minimum absolute atomic E-state index is 0.255. The summed E-state index contributed by atoms with van der Waals surface area (Å²) in [5.74, 6) is -0.0991. The monoisotopic (exact) mass is 287 g/mol. The Morgan fingerprint density at radius 3 is 2.24 bits per heavy atom. The van der Waals surface area contributed by atoms with E-state index in [0.717, 1.165) is 22.3 Å². The molecule has 1 unspecified atom stereocenters. The minimum atomic E-state index is -0.356. The zero-order chi connectivity index (χ0) is 15.6. The molecule has 0 amide bonds. The Hall–Kier alpha value is -1.87. The topological polar surface area (TPSA) is 35.2 Å². The summed E-state index contributed by atoms with van der Waals surface area (Å²) in [6, 6.07) is 8.77. The summed E-state index contributed by atoms with van der Waals surface area (Å²) in [5.41, 5.74) is 11.8. The molecule has 0 aliphatic rings. The summed E-state index contributed by atoms with van der Waals surface area (Å²) in [7, 11) is 0. The largest absolute Gasteiger partial charge is 0.489 e. The Balaban J connectivity index is 2.15. The highest BCUT2D eigenvalue weighted by Gasteiger charge is 2.14. The molecule has 2 aromatic rings. The van der Waals surface area contributed by atoms with Gasteiger partial charge in [-0.15, -0.1) is 0 Å². The zero-order valence-electron chi connectivity index (χ0n) is 13.0. The minimum Gasteiger partial charge on any atom is -0.489 e. The van der Waals surface area contributed by atoms with E-state index in [2.05, 4.69) is 19.1 Å². The van der Waals surface area contributed by atoms with Crippen molar-refractivity contribution in [1.29, 1.82) is 0 Å². The van der Waals surface area contributed by atoms with Crippen LogP contribution in [0.25, 0.3) is 0 Å². The quantitative estimate of drug-likeness (QED) is 0.917. The molecule has 0 saturated carbocycles. The number of aryl methyl sites for hydroxylation is 4. The third kappa shape index (κ3) is 3.61. The van der Waals surface area contributed by atoms with Crippen molar-refractivity contribution in [3.63, 3.8) is 0 Å². The lowest BCUT2D eigenvalue weighted by Gasteiger charge is -2.19. The summed E-state index contributed by atoms with van der Waals surface area (Å²) in [6.07, 6.45) is 0. The molecule has 0 aliphatic heterocycles. The maximum Gasteiger partial charge on any atom is 0.165 e. The first-order valence-corrected chi connectivity index (χ1v) is 7.10. The van der Waals surface area contributed by atoms with Gasteiger partial charge in [-0.25, -0.2) is 4.39 Å². The molecule has 112 valence electrons. The molecule has 0 saturated heterocycles. The van der Waals surface area contributed by atoms with Gasteiger partial charge in [0.05, 0.1) is 6.04 Å². The van der Waals surface area contributed by atoms with Crippen molar-refractivity contribution in [2.45, 2.75) is 33.7 Å². The molecular formula is C18H22FNO. The number of halogens is 1. The third-order valence-electron chi connectivity index (χ3n) is 3.61. The van der Waals surface area contributed by atoms with Crippen molar-refractivity contribution in [1.82, 2.24) is 0 Å². The molecule has 2 aromatic carbocycles. The van der Waals surface area contributed by atoms with Gasteiger partial charge >= 0.3 is 0 Å². The van der Waals surface area contributed by atoms with Gasteiger partial charge in [0.1, 0.15) is 6.61 Å². The number of benzene rings is 2. The number of hydrogen-bond donors (Lipinski definition) is 1. The summed E-state index contributed by atoms with van der Waals surface area (Å²) in [5, 5.41) is 0. The van der Waals surface area contributed by atoms with Gasteiger partial charge in [0, 0.05) is 0 Å². The van der Waals surface area contributed by atoms with Crippen LogP contribution < -0.4 is 10.5 Å². The first-order valence-electron chi connectivity index (χ1n) is 7.10. The van der Waals surface area contributed by atoms with E-state index in [4.69, 9.17) is 10.5 Å².